The lowest BCUT2D eigenvalue weighted by Gasteiger charge is -2.48. The van der Waals surface area contributed by atoms with Crippen LogP contribution in [0.25, 0.3) is 0 Å². The Labute approximate surface area is 367 Å². The van der Waals surface area contributed by atoms with Gasteiger partial charge in [0.05, 0.1) is 31.0 Å². The van der Waals surface area contributed by atoms with E-state index in [2.05, 4.69) is 49.2 Å². The average Bonchev–Trinajstić information content (AvgIpc) is 3.71. The molecule has 3 saturated heterocycles. The molecular formula is C48H69N5O9. The number of piperidine rings is 1. The molecule has 1 spiro atoms. The summed E-state index contributed by atoms with van der Waals surface area (Å²) >= 11 is 0. The van der Waals surface area contributed by atoms with E-state index in [1.807, 2.05) is 6.07 Å². The first-order valence-electron chi connectivity index (χ1n) is 23.5. The fourth-order valence-corrected chi connectivity index (χ4v) is 11.2. The predicted octanol–water partition coefficient (Wildman–Crippen LogP) is 5.09. The number of methoxy groups -OCH3 is 1. The number of nitrogens with zero attached hydrogens (tertiary/aromatic N) is 4. The fourth-order valence-electron chi connectivity index (χ4n) is 11.2. The summed E-state index contributed by atoms with van der Waals surface area (Å²) in [7, 11) is 1.76. The van der Waals surface area contributed by atoms with Crippen LogP contribution in [0.4, 0.5) is 5.69 Å². The summed E-state index contributed by atoms with van der Waals surface area (Å²) in [5.74, 6) is -0.235. The maximum atomic E-state index is 13.5. The quantitative estimate of drug-likeness (QED) is 0.193. The van der Waals surface area contributed by atoms with Gasteiger partial charge in [-0.15, -0.1) is 0 Å². The number of fused-ring (bicyclic) bond motifs is 1. The first-order chi connectivity index (χ1) is 30.2. The van der Waals surface area contributed by atoms with Crippen molar-refractivity contribution in [1.82, 2.24) is 19.6 Å². The zero-order valence-corrected chi connectivity index (χ0v) is 36.8. The number of amides is 2. The molecule has 8 rings (SSSR count). The van der Waals surface area contributed by atoms with E-state index >= 15 is 0 Å². The van der Waals surface area contributed by atoms with Gasteiger partial charge in [0.1, 0.15) is 17.5 Å². The third-order valence-corrected chi connectivity index (χ3v) is 14.7. The van der Waals surface area contributed by atoms with Gasteiger partial charge in [0.2, 0.25) is 5.91 Å². The number of hydrogen-bond donors (Lipinski definition) is 3. The van der Waals surface area contributed by atoms with Crippen LogP contribution in [0.15, 0.2) is 36.4 Å². The second kappa shape index (κ2) is 20.8. The van der Waals surface area contributed by atoms with Gasteiger partial charge in [-0.25, -0.2) is 0 Å². The molecule has 2 amide bonds. The van der Waals surface area contributed by atoms with Crippen LogP contribution in [0.5, 0.6) is 11.5 Å². The Morgan fingerprint density at radius 1 is 0.952 bits per heavy atom. The Bertz CT molecular complexity index is 1850. The van der Waals surface area contributed by atoms with Crippen LogP contribution in [0, 0.1) is 5.92 Å². The van der Waals surface area contributed by atoms with Crippen molar-refractivity contribution >= 4 is 23.5 Å². The molecule has 6 aliphatic rings. The maximum absolute atomic E-state index is 13.5. The van der Waals surface area contributed by atoms with Gasteiger partial charge in [-0.2, -0.15) is 0 Å². The number of carbonyl (C=O) groups is 3. The topological polar surface area (TPSA) is 154 Å². The molecule has 62 heavy (non-hydrogen) atoms. The van der Waals surface area contributed by atoms with E-state index < -0.39 is 12.0 Å². The Morgan fingerprint density at radius 3 is 2.58 bits per heavy atom. The van der Waals surface area contributed by atoms with Crippen LogP contribution in [-0.4, -0.2) is 157 Å². The number of aliphatic carboxylic acids is 1. The number of aromatic hydroxyl groups is 1. The molecule has 4 atom stereocenters. The third kappa shape index (κ3) is 10.9. The highest BCUT2D eigenvalue weighted by molar-refractivity contribution is 5.97. The minimum absolute atomic E-state index is 0.00322. The predicted molar refractivity (Wildman–Crippen MR) is 234 cm³/mol. The van der Waals surface area contributed by atoms with Crippen molar-refractivity contribution in [3.05, 3.63) is 53.1 Å². The van der Waals surface area contributed by atoms with Gasteiger partial charge in [0, 0.05) is 78.0 Å². The monoisotopic (exact) mass is 860 g/mol. The molecule has 3 N–H and O–H groups in total. The van der Waals surface area contributed by atoms with Crippen molar-refractivity contribution < 1.29 is 43.5 Å². The Morgan fingerprint density at radius 2 is 1.77 bits per heavy atom. The van der Waals surface area contributed by atoms with Gasteiger partial charge in [-0.05, 0) is 87.0 Å². The molecule has 3 unspecified atom stereocenters. The zero-order valence-electron chi connectivity index (χ0n) is 36.8. The second-order valence-electron chi connectivity index (χ2n) is 18.7. The molecule has 4 aliphatic heterocycles. The molecule has 0 bridgehead atoms. The summed E-state index contributed by atoms with van der Waals surface area (Å²) in [5.41, 5.74) is 3.46. The SMILES string of the molecule is COC1CCCC(C(=O)N2CCOC3(CCN(Cc4cccc(CCOC5CCN(CCN(CCc6ccc(O)c7c6OCC(=O)N7)C6CCCCC6)[C@@H]5C(=O)O)c4)CC3)C2)C1. The van der Waals surface area contributed by atoms with Crippen LogP contribution < -0.4 is 10.1 Å². The van der Waals surface area contributed by atoms with Crippen LogP contribution in [0.1, 0.15) is 93.7 Å². The molecule has 2 aromatic carbocycles. The maximum Gasteiger partial charge on any atom is 0.323 e. The lowest BCUT2D eigenvalue weighted by atomic mass is 9.84. The molecule has 14 nitrogen and oxygen atoms in total. The van der Waals surface area contributed by atoms with Crippen LogP contribution in [-0.2, 0) is 48.0 Å². The highest BCUT2D eigenvalue weighted by Gasteiger charge is 2.43. The third-order valence-electron chi connectivity index (χ3n) is 14.7. The number of anilines is 1. The van der Waals surface area contributed by atoms with Gasteiger partial charge < -0.3 is 39.4 Å². The number of nitrogens with one attached hydrogen (secondary N) is 1. The summed E-state index contributed by atoms with van der Waals surface area (Å²) in [6, 6.07) is 11.9. The number of phenolic OH excluding ortho intramolecular Hbond substituents is 1. The second-order valence-corrected chi connectivity index (χ2v) is 18.7. The van der Waals surface area contributed by atoms with Crippen LogP contribution >= 0.6 is 0 Å². The smallest absolute Gasteiger partial charge is 0.323 e. The number of ether oxygens (including phenoxy) is 4. The van der Waals surface area contributed by atoms with Crippen molar-refractivity contribution in [2.75, 3.05) is 84.6 Å². The van der Waals surface area contributed by atoms with E-state index in [9.17, 15) is 24.6 Å². The number of carbonyl (C=O) groups excluding carboxylic acids is 2. The molecule has 0 aromatic heterocycles. The molecule has 5 fully saturated rings. The van der Waals surface area contributed by atoms with E-state index in [4.69, 9.17) is 18.9 Å². The molecule has 2 saturated carbocycles. The highest BCUT2D eigenvalue weighted by atomic mass is 16.5. The Kier molecular flexibility index (Phi) is 15.0. The number of phenols is 1. The summed E-state index contributed by atoms with van der Waals surface area (Å²) in [6.45, 7) is 7.91. The standard InChI is InChI=1S/C48H69N5O9/c1-59-39-12-6-9-37(30-39)46(56)53-26-28-62-48(33-53)18-22-50(23-19-48)31-35-8-5-7-34(29-35)17-27-60-41-16-21-52(44(41)47(57)58)25-24-51(38-10-3-2-4-11-38)20-15-36-13-14-40(54)43-45(36)61-32-42(55)49-43/h5,7-8,13-14,29,37-39,41,44,54H,2-4,6,9-12,15-28,30-33H2,1H3,(H,49,55)(H,57,58)/t37?,39?,41?,44-/m0/s1. The first-order valence-corrected chi connectivity index (χ1v) is 23.5. The highest BCUT2D eigenvalue weighted by Crippen LogP contribution is 2.40. The average molecular weight is 860 g/mol. The minimum Gasteiger partial charge on any atom is -0.506 e. The molecule has 0 radical (unpaired) electrons. The molecular weight excluding hydrogens is 791 g/mol. The number of carboxylic acid groups (broad SMARTS) is 1. The summed E-state index contributed by atoms with van der Waals surface area (Å²) < 4.78 is 24.2. The number of benzene rings is 2. The minimum atomic E-state index is -0.834. The van der Waals surface area contributed by atoms with Gasteiger partial charge in [-0.3, -0.25) is 29.1 Å². The van der Waals surface area contributed by atoms with Gasteiger partial charge >= 0.3 is 5.97 Å². The van der Waals surface area contributed by atoms with Gasteiger partial charge in [0.25, 0.3) is 5.91 Å². The Hall–Kier alpha value is -3.79. The first kappa shape index (κ1) is 44.8. The van der Waals surface area contributed by atoms with Crippen LogP contribution in [0.3, 0.4) is 0 Å². The fraction of sp³-hybridized carbons (Fsp3) is 0.688. The number of hydrogen-bond acceptors (Lipinski definition) is 11. The van der Waals surface area contributed by atoms with E-state index in [0.717, 1.165) is 89.7 Å². The van der Waals surface area contributed by atoms with Crippen molar-refractivity contribution in [1.29, 1.82) is 0 Å². The van der Waals surface area contributed by atoms with E-state index in [0.29, 0.717) is 76.1 Å². The molecule has 340 valence electrons. The van der Waals surface area contributed by atoms with Gasteiger partial charge in [-0.1, -0.05) is 56.0 Å². The van der Waals surface area contributed by atoms with Crippen LogP contribution in [0.2, 0.25) is 0 Å². The van der Waals surface area contributed by atoms with Crippen molar-refractivity contribution in [3.63, 3.8) is 0 Å². The normalized spacial score (nSPS) is 26.0. The lowest BCUT2D eigenvalue weighted by Crippen LogP contribution is -2.58. The Balaban J connectivity index is 0.797. The molecule has 4 heterocycles. The summed E-state index contributed by atoms with van der Waals surface area (Å²) in [4.78, 5) is 47.4. The number of carboxylic acids is 1. The number of rotatable bonds is 16. The largest absolute Gasteiger partial charge is 0.506 e. The van der Waals surface area contributed by atoms with E-state index in [1.54, 1.807) is 13.2 Å². The van der Waals surface area contributed by atoms with E-state index in [-0.39, 0.29) is 47.9 Å². The summed E-state index contributed by atoms with van der Waals surface area (Å²) in [5, 5.41) is 23.5. The van der Waals surface area contributed by atoms with Crippen molar-refractivity contribution in [2.45, 2.75) is 126 Å². The number of morpholine rings is 1. The molecule has 14 heteroatoms. The van der Waals surface area contributed by atoms with E-state index in [1.165, 1.54) is 30.4 Å². The molecule has 2 aliphatic carbocycles. The summed E-state index contributed by atoms with van der Waals surface area (Å²) in [6.07, 6.45) is 13.5. The molecule has 2 aromatic rings. The van der Waals surface area contributed by atoms with Crippen molar-refractivity contribution in [3.8, 4) is 11.5 Å². The van der Waals surface area contributed by atoms with Gasteiger partial charge in [0.15, 0.2) is 12.4 Å². The van der Waals surface area contributed by atoms with Crippen molar-refractivity contribution in [2.24, 2.45) is 5.92 Å². The lowest BCUT2D eigenvalue weighted by molar-refractivity contribution is -0.164. The zero-order chi connectivity index (χ0) is 43.1. The number of likely N-dealkylation sites (tertiary alicyclic amines) is 2.